The highest BCUT2D eigenvalue weighted by Gasteiger charge is 2.32. The fraction of sp³-hybridized carbons (Fsp3) is 0.357. The Labute approximate surface area is 145 Å². The molecule has 2 rings (SSSR count). The molecule has 0 atom stereocenters. The molecule has 0 fully saturated rings. The van der Waals surface area contributed by atoms with Crippen molar-refractivity contribution in [3.8, 4) is 11.8 Å². The third-order valence-electron chi connectivity index (χ3n) is 3.03. The standard InChI is InChI=1S/C14H14ClF3N4O3/c1-8-4-11(20-22(8)13(23)21(2)7-24-3)25-12-10(15)5-9(6-19-12)14(16,17)18/h4-6H,7H2,1-3H3. The Morgan fingerprint density at radius 3 is 2.64 bits per heavy atom. The summed E-state index contributed by atoms with van der Waals surface area (Å²) in [6, 6.07) is 1.65. The van der Waals surface area contributed by atoms with Crippen molar-refractivity contribution in [1.29, 1.82) is 0 Å². The molecule has 7 nitrogen and oxygen atoms in total. The highest BCUT2D eigenvalue weighted by atomic mass is 35.5. The minimum Gasteiger partial charge on any atom is -0.417 e. The lowest BCUT2D eigenvalue weighted by Crippen LogP contribution is -2.33. The van der Waals surface area contributed by atoms with Crippen LogP contribution in [-0.4, -0.2) is 46.6 Å². The van der Waals surface area contributed by atoms with Crippen molar-refractivity contribution in [2.45, 2.75) is 13.1 Å². The maximum atomic E-state index is 12.6. The van der Waals surface area contributed by atoms with Gasteiger partial charge in [-0.2, -0.15) is 17.9 Å². The van der Waals surface area contributed by atoms with Gasteiger partial charge in [-0.3, -0.25) is 0 Å². The number of hydrogen-bond donors (Lipinski definition) is 0. The predicted molar refractivity (Wildman–Crippen MR) is 81.7 cm³/mol. The Hall–Kier alpha value is -2.33. The number of carbonyl (C=O) groups is 1. The third-order valence-corrected chi connectivity index (χ3v) is 3.30. The van der Waals surface area contributed by atoms with Crippen LogP contribution in [0.4, 0.5) is 18.0 Å². The molecule has 0 radical (unpaired) electrons. The van der Waals surface area contributed by atoms with Crippen molar-refractivity contribution < 1.29 is 27.4 Å². The Morgan fingerprint density at radius 2 is 2.08 bits per heavy atom. The topological polar surface area (TPSA) is 69.5 Å². The third kappa shape index (κ3) is 4.40. The number of hydrogen-bond acceptors (Lipinski definition) is 5. The molecule has 0 aliphatic carbocycles. The van der Waals surface area contributed by atoms with Gasteiger partial charge >= 0.3 is 12.2 Å². The number of methoxy groups -OCH3 is 1. The van der Waals surface area contributed by atoms with Gasteiger partial charge in [-0.15, -0.1) is 5.10 Å². The zero-order valence-electron chi connectivity index (χ0n) is 13.5. The predicted octanol–water partition coefficient (Wildman–Crippen LogP) is 3.55. The van der Waals surface area contributed by atoms with Crippen molar-refractivity contribution in [2.24, 2.45) is 0 Å². The van der Waals surface area contributed by atoms with E-state index in [0.717, 1.165) is 4.68 Å². The van der Waals surface area contributed by atoms with Crippen LogP contribution in [0.25, 0.3) is 0 Å². The Bertz CT molecular complexity index is 779. The van der Waals surface area contributed by atoms with E-state index in [4.69, 9.17) is 21.1 Å². The zero-order chi connectivity index (χ0) is 18.8. The van der Waals surface area contributed by atoms with E-state index in [0.29, 0.717) is 18.0 Å². The van der Waals surface area contributed by atoms with Gasteiger partial charge in [0.25, 0.3) is 0 Å². The van der Waals surface area contributed by atoms with Crippen molar-refractivity contribution in [1.82, 2.24) is 19.7 Å². The van der Waals surface area contributed by atoms with Crippen LogP contribution >= 0.6 is 11.6 Å². The van der Waals surface area contributed by atoms with Gasteiger partial charge in [0.05, 0.1) is 11.3 Å². The fourth-order valence-electron chi connectivity index (χ4n) is 1.85. The largest absolute Gasteiger partial charge is 0.417 e. The van der Waals surface area contributed by atoms with Gasteiger partial charge in [-0.05, 0) is 13.0 Å². The van der Waals surface area contributed by atoms with Crippen LogP contribution in [-0.2, 0) is 10.9 Å². The van der Waals surface area contributed by atoms with Crippen molar-refractivity contribution >= 4 is 17.6 Å². The number of amides is 1. The molecule has 2 aromatic rings. The summed E-state index contributed by atoms with van der Waals surface area (Å²) in [5, 5.41) is 3.62. The summed E-state index contributed by atoms with van der Waals surface area (Å²) in [6.07, 6.45) is -3.96. The second-order valence-electron chi connectivity index (χ2n) is 5.04. The summed E-state index contributed by atoms with van der Waals surface area (Å²) in [5.74, 6) is -0.289. The van der Waals surface area contributed by atoms with Crippen molar-refractivity contribution in [3.05, 3.63) is 34.6 Å². The van der Waals surface area contributed by atoms with Crippen LogP contribution in [0.3, 0.4) is 0 Å². The van der Waals surface area contributed by atoms with E-state index in [9.17, 15) is 18.0 Å². The first kappa shape index (κ1) is 19.0. The van der Waals surface area contributed by atoms with Crippen molar-refractivity contribution in [2.75, 3.05) is 20.9 Å². The number of aromatic nitrogens is 3. The lowest BCUT2D eigenvalue weighted by Gasteiger charge is -2.15. The van der Waals surface area contributed by atoms with Crippen LogP contribution in [0, 0.1) is 6.92 Å². The molecule has 11 heteroatoms. The highest BCUT2D eigenvalue weighted by molar-refractivity contribution is 6.31. The van der Waals surface area contributed by atoms with Gasteiger partial charge in [0, 0.05) is 26.4 Å². The van der Waals surface area contributed by atoms with Gasteiger partial charge in [0.15, 0.2) is 0 Å². The minimum absolute atomic E-state index is 0.0363. The number of halogens is 4. The molecule has 136 valence electrons. The zero-order valence-corrected chi connectivity index (χ0v) is 14.2. The maximum absolute atomic E-state index is 12.6. The van der Waals surface area contributed by atoms with Gasteiger partial charge in [-0.25, -0.2) is 9.78 Å². The molecule has 0 spiro atoms. The number of rotatable bonds is 4. The summed E-state index contributed by atoms with van der Waals surface area (Å²) in [7, 11) is 2.95. The van der Waals surface area contributed by atoms with Gasteiger partial charge < -0.3 is 14.4 Å². The summed E-state index contributed by atoms with van der Waals surface area (Å²) in [4.78, 5) is 17.0. The van der Waals surface area contributed by atoms with E-state index in [2.05, 4.69) is 10.1 Å². The van der Waals surface area contributed by atoms with E-state index in [-0.39, 0.29) is 23.5 Å². The molecular formula is C14H14ClF3N4O3. The molecule has 25 heavy (non-hydrogen) atoms. The second-order valence-corrected chi connectivity index (χ2v) is 5.45. The molecule has 0 aliphatic heterocycles. The number of carbonyl (C=O) groups excluding carboxylic acids is 1. The maximum Gasteiger partial charge on any atom is 0.417 e. The Balaban J connectivity index is 2.22. The molecule has 1 amide bonds. The highest BCUT2D eigenvalue weighted by Crippen LogP contribution is 2.34. The first-order valence-corrected chi connectivity index (χ1v) is 7.23. The SMILES string of the molecule is COCN(C)C(=O)n1nc(Oc2ncc(C(F)(F)F)cc2Cl)cc1C. The number of nitrogens with zero attached hydrogens (tertiary/aromatic N) is 4. The molecule has 0 aliphatic rings. The van der Waals surface area contributed by atoms with Crippen LogP contribution in [0.1, 0.15) is 11.3 Å². The first-order valence-electron chi connectivity index (χ1n) is 6.85. The smallest absolute Gasteiger partial charge is 0.417 e. The molecule has 0 saturated heterocycles. The molecule has 2 heterocycles. The monoisotopic (exact) mass is 378 g/mol. The van der Waals surface area contributed by atoms with E-state index in [1.165, 1.54) is 25.1 Å². The second kappa shape index (κ2) is 7.28. The van der Waals surface area contributed by atoms with E-state index < -0.39 is 17.8 Å². The molecule has 2 aromatic heterocycles. The summed E-state index contributed by atoms with van der Waals surface area (Å²) in [6.45, 7) is 1.67. The van der Waals surface area contributed by atoms with Crippen LogP contribution in [0.15, 0.2) is 18.3 Å². The van der Waals surface area contributed by atoms with E-state index >= 15 is 0 Å². The number of ether oxygens (including phenoxy) is 2. The van der Waals surface area contributed by atoms with E-state index in [1.54, 1.807) is 6.92 Å². The van der Waals surface area contributed by atoms with Crippen LogP contribution < -0.4 is 4.74 Å². The Morgan fingerprint density at radius 1 is 1.40 bits per heavy atom. The Kier molecular flexibility index (Phi) is 5.53. The normalized spacial score (nSPS) is 11.5. The molecule has 0 saturated carbocycles. The first-order chi connectivity index (χ1) is 11.6. The number of pyridine rings is 1. The van der Waals surface area contributed by atoms with Gasteiger partial charge in [-0.1, -0.05) is 11.6 Å². The molecule has 0 unspecified atom stereocenters. The number of alkyl halides is 3. The lowest BCUT2D eigenvalue weighted by molar-refractivity contribution is -0.137. The van der Waals surface area contributed by atoms with Gasteiger partial charge in [0.1, 0.15) is 11.8 Å². The molecule has 0 N–H and O–H groups in total. The average Bonchev–Trinajstić information content (AvgIpc) is 2.88. The summed E-state index contributed by atoms with van der Waals surface area (Å²) >= 11 is 5.77. The van der Waals surface area contributed by atoms with Gasteiger partial charge in [0.2, 0.25) is 11.8 Å². The fourth-order valence-corrected chi connectivity index (χ4v) is 2.06. The minimum atomic E-state index is -4.56. The van der Waals surface area contributed by atoms with E-state index in [1.807, 2.05) is 0 Å². The quantitative estimate of drug-likeness (QED) is 0.761. The summed E-state index contributed by atoms with van der Waals surface area (Å²) in [5.41, 5.74) is -0.547. The molecule has 0 bridgehead atoms. The molecular weight excluding hydrogens is 365 g/mol. The van der Waals surface area contributed by atoms with Crippen LogP contribution in [0.5, 0.6) is 11.8 Å². The lowest BCUT2D eigenvalue weighted by atomic mass is 10.3. The van der Waals surface area contributed by atoms with Crippen LogP contribution in [0.2, 0.25) is 5.02 Å². The molecule has 0 aromatic carbocycles. The number of aryl methyl sites for hydroxylation is 1. The van der Waals surface area contributed by atoms with Crippen molar-refractivity contribution in [3.63, 3.8) is 0 Å². The summed E-state index contributed by atoms with van der Waals surface area (Å²) < 4.78 is 49.0. The average molecular weight is 379 g/mol.